The molecule has 1 aromatic rings. The Morgan fingerprint density at radius 1 is 1.60 bits per heavy atom. The minimum atomic E-state index is -1.02. The second kappa shape index (κ2) is 3.94. The Kier molecular flexibility index (Phi) is 3.04. The third kappa shape index (κ3) is 2.12. The van der Waals surface area contributed by atoms with E-state index in [1.165, 1.54) is 6.33 Å². The summed E-state index contributed by atoms with van der Waals surface area (Å²) in [4.78, 5) is 18.8. The first-order valence-corrected chi connectivity index (χ1v) is 4.63. The lowest BCUT2D eigenvalue weighted by atomic mass is 9.78. The van der Waals surface area contributed by atoms with Crippen LogP contribution in [-0.2, 0) is 10.2 Å². The van der Waals surface area contributed by atoms with Crippen molar-refractivity contribution >= 4 is 5.97 Å². The van der Waals surface area contributed by atoms with E-state index < -0.39 is 17.4 Å². The molecule has 0 aliphatic rings. The molecule has 0 aliphatic carbocycles. The van der Waals surface area contributed by atoms with Crippen molar-refractivity contribution in [1.29, 1.82) is 0 Å². The van der Waals surface area contributed by atoms with Gasteiger partial charge in [-0.25, -0.2) is 9.97 Å². The number of hydrogen-bond acceptors (Lipinski definition) is 4. The van der Waals surface area contributed by atoms with Gasteiger partial charge in [0, 0.05) is 17.3 Å². The van der Waals surface area contributed by atoms with Crippen molar-refractivity contribution in [3.8, 4) is 0 Å². The van der Waals surface area contributed by atoms with E-state index in [0.717, 1.165) is 11.3 Å². The Labute approximate surface area is 88.4 Å². The molecule has 1 atom stereocenters. The van der Waals surface area contributed by atoms with Crippen LogP contribution in [0.2, 0.25) is 0 Å². The SMILES string of the molecule is Cc1ncncc1C(C)(C)C(N)C(=O)O. The fourth-order valence-corrected chi connectivity index (χ4v) is 1.50. The lowest BCUT2D eigenvalue weighted by molar-refractivity contribution is -0.140. The molecule has 15 heavy (non-hydrogen) atoms. The summed E-state index contributed by atoms with van der Waals surface area (Å²) in [7, 11) is 0. The summed E-state index contributed by atoms with van der Waals surface area (Å²) in [6, 6.07) is -0.970. The van der Waals surface area contributed by atoms with E-state index in [1.54, 1.807) is 20.0 Å². The number of aryl methyl sites for hydroxylation is 1. The number of rotatable bonds is 3. The molecule has 0 amide bonds. The van der Waals surface area contributed by atoms with Gasteiger partial charge in [-0.1, -0.05) is 13.8 Å². The van der Waals surface area contributed by atoms with Gasteiger partial charge in [-0.2, -0.15) is 0 Å². The molecule has 5 heteroatoms. The molecule has 3 N–H and O–H groups in total. The highest BCUT2D eigenvalue weighted by molar-refractivity contribution is 5.75. The molecule has 1 rings (SSSR count). The molecule has 0 radical (unpaired) electrons. The van der Waals surface area contributed by atoms with E-state index in [2.05, 4.69) is 9.97 Å². The topological polar surface area (TPSA) is 89.1 Å². The molecule has 1 aromatic heterocycles. The predicted octanol–water partition coefficient (Wildman–Crippen LogP) is 0.475. The minimum absolute atomic E-state index is 0.683. The maximum atomic E-state index is 10.9. The smallest absolute Gasteiger partial charge is 0.321 e. The van der Waals surface area contributed by atoms with Gasteiger partial charge in [0.1, 0.15) is 12.4 Å². The van der Waals surface area contributed by atoms with E-state index in [9.17, 15) is 4.79 Å². The van der Waals surface area contributed by atoms with E-state index in [0.29, 0.717) is 0 Å². The first kappa shape index (κ1) is 11.6. The fourth-order valence-electron chi connectivity index (χ4n) is 1.50. The van der Waals surface area contributed by atoms with Crippen molar-refractivity contribution in [3.63, 3.8) is 0 Å². The van der Waals surface area contributed by atoms with Crippen molar-refractivity contribution in [2.24, 2.45) is 5.73 Å². The lowest BCUT2D eigenvalue weighted by Crippen LogP contribution is -2.47. The molecule has 0 bridgehead atoms. The molecule has 82 valence electrons. The van der Waals surface area contributed by atoms with Crippen molar-refractivity contribution in [1.82, 2.24) is 9.97 Å². The number of carboxylic acids is 1. The summed E-state index contributed by atoms with van der Waals surface area (Å²) >= 11 is 0. The predicted molar refractivity (Wildman–Crippen MR) is 55.4 cm³/mol. The minimum Gasteiger partial charge on any atom is -0.480 e. The molecule has 1 unspecified atom stereocenters. The monoisotopic (exact) mass is 209 g/mol. The molecule has 0 saturated carbocycles. The Balaban J connectivity index is 3.16. The number of carboxylic acid groups (broad SMARTS) is 1. The van der Waals surface area contributed by atoms with Gasteiger partial charge in [0.2, 0.25) is 0 Å². The number of carbonyl (C=O) groups is 1. The van der Waals surface area contributed by atoms with Crippen LogP contribution in [0.15, 0.2) is 12.5 Å². The fraction of sp³-hybridized carbons (Fsp3) is 0.500. The average Bonchev–Trinajstić information content (AvgIpc) is 2.16. The zero-order valence-corrected chi connectivity index (χ0v) is 9.06. The molecular weight excluding hydrogens is 194 g/mol. The highest BCUT2D eigenvalue weighted by Gasteiger charge is 2.35. The largest absolute Gasteiger partial charge is 0.480 e. The number of nitrogens with two attached hydrogens (primary N) is 1. The first-order valence-electron chi connectivity index (χ1n) is 4.63. The quantitative estimate of drug-likeness (QED) is 0.755. The van der Waals surface area contributed by atoms with Gasteiger partial charge < -0.3 is 10.8 Å². The summed E-state index contributed by atoms with van der Waals surface area (Å²) in [6.45, 7) is 5.36. The van der Waals surface area contributed by atoms with Gasteiger partial charge in [0.15, 0.2) is 0 Å². The van der Waals surface area contributed by atoms with E-state index in [-0.39, 0.29) is 0 Å². The zero-order valence-electron chi connectivity index (χ0n) is 9.06. The molecule has 0 aromatic carbocycles. The van der Waals surface area contributed by atoms with Crippen LogP contribution in [0.4, 0.5) is 0 Å². The van der Waals surface area contributed by atoms with Gasteiger partial charge in [-0.05, 0) is 12.5 Å². The third-order valence-corrected chi connectivity index (χ3v) is 2.65. The highest BCUT2D eigenvalue weighted by atomic mass is 16.4. The van der Waals surface area contributed by atoms with E-state index in [4.69, 9.17) is 10.8 Å². The van der Waals surface area contributed by atoms with Gasteiger partial charge >= 0.3 is 5.97 Å². The van der Waals surface area contributed by atoms with E-state index >= 15 is 0 Å². The van der Waals surface area contributed by atoms with Crippen LogP contribution in [0.3, 0.4) is 0 Å². The standard InChI is InChI=1S/C10H15N3O2/c1-6-7(4-12-5-13-6)10(2,3)8(11)9(14)15/h4-5,8H,11H2,1-3H3,(H,14,15). The second-order valence-corrected chi connectivity index (χ2v) is 4.06. The van der Waals surface area contributed by atoms with Crippen molar-refractivity contribution < 1.29 is 9.90 Å². The number of aliphatic carboxylic acids is 1. The summed E-state index contributed by atoms with van der Waals surface area (Å²) in [5.41, 5.74) is 6.48. The first-order chi connectivity index (χ1) is 6.87. The van der Waals surface area contributed by atoms with Crippen LogP contribution in [0.5, 0.6) is 0 Å². The van der Waals surface area contributed by atoms with Crippen LogP contribution in [0.25, 0.3) is 0 Å². The maximum Gasteiger partial charge on any atom is 0.321 e. The normalized spacial score (nSPS) is 13.6. The molecule has 0 aliphatic heterocycles. The van der Waals surface area contributed by atoms with Gasteiger partial charge in [-0.3, -0.25) is 4.79 Å². The summed E-state index contributed by atoms with van der Waals surface area (Å²) in [5, 5.41) is 8.90. The van der Waals surface area contributed by atoms with Gasteiger partial charge in [-0.15, -0.1) is 0 Å². The Hall–Kier alpha value is -1.49. The summed E-state index contributed by atoms with van der Waals surface area (Å²) in [5.74, 6) is -1.02. The number of aromatic nitrogens is 2. The van der Waals surface area contributed by atoms with E-state index in [1.807, 2.05) is 6.92 Å². The van der Waals surface area contributed by atoms with Crippen LogP contribution in [0.1, 0.15) is 25.1 Å². The summed E-state index contributed by atoms with van der Waals surface area (Å²) in [6.07, 6.45) is 3.05. The lowest BCUT2D eigenvalue weighted by Gasteiger charge is -2.29. The Morgan fingerprint density at radius 2 is 2.20 bits per heavy atom. The van der Waals surface area contributed by atoms with Crippen molar-refractivity contribution in [2.75, 3.05) is 0 Å². The molecular formula is C10H15N3O2. The van der Waals surface area contributed by atoms with Crippen LogP contribution in [0, 0.1) is 6.92 Å². The highest BCUT2D eigenvalue weighted by Crippen LogP contribution is 2.27. The Bertz CT molecular complexity index is 377. The van der Waals surface area contributed by atoms with Gasteiger partial charge in [0.05, 0.1) is 0 Å². The van der Waals surface area contributed by atoms with Gasteiger partial charge in [0.25, 0.3) is 0 Å². The van der Waals surface area contributed by atoms with Crippen molar-refractivity contribution in [3.05, 3.63) is 23.8 Å². The average molecular weight is 209 g/mol. The van der Waals surface area contributed by atoms with Crippen LogP contribution < -0.4 is 5.73 Å². The second-order valence-electron chi connectivity index (χ2n) is 4.06. The third-order valence-electron chi connectivity index (χ3n) is 2.65. The van der Waals surface area contributed by atoms with Crippen LogP contribution in [-0.4, -0.2) is 27.1 Å². The summed E-state index contributed by atoms with van der Waals surface area (Å²) < 4.78 is 0. The number of nitrogens with zero attached hydrogens (tertiary/aromatic N) is 2. The van der Waals surface area contributed by atoms with Crippen LogP contribution >= 0.6 is 0 Å². The Morgan fingerprint density at radius 3 is 2.67 bits per heavy atom. The molecule has 0 saturated heterocycles. The van der Waals surface area contributed by atoms with Crippen molar-refractivity contribution in [2.45, 2.75) is 32.2 Å². The molecule has 0 fully saturated rings. The molecule has 0 spiro atoms. The molecule has 5 nitrogen and oxygen atoms in total. The maximum absolute atomic E-state index is 10.9. The molecule has 1 heterocycles. The number of hydrogen-bond donors (Lipinski definition) is 2. The zero-order chi connectivity index (χ0) is 11.6.